The maximum atomic E-state index is 12.5. The third-order valence-corrected chi connectivity index (χ3v) is 3.06. The lowest BCUT2D eigenvalue weighted by Crippen LogP contribution is -2.04. The molecule has 0 aliphatic carbocycles. The molecule has 2 aromatic carbocycles. The van der Waals surface area contributed by atoms with Crippen LogP contribution in [0.3, 0.4) is 0 Å². The third-order valence-electron chi connectivity index (χ3n) is 3.06. The molecule has 0 fully saturated rings. The Morgan fingerprint density at radius 2 is 1.37 bits per heavy atom. The monoisotopic (exact) mass is 265 g/mol. The van der Waals surface area contributed by atoms with Crippen molar-refractivity contribution < 1.29 is 13.2 Å². The standard InChI is InChI=1S/C15H14F3N/c1-9-7-13(19)8-10(2)14(9)11-3-5-12(6-4-11)15(16,17)18/h3-8H,19H2,1-2H3. The molecule has 0 saturated heterocycles. The van der Waals surface area contributed by atoms with Gasteiger partial charge in [-0.3, -0.25) is 0 Å². The van der Waals surface area contributed by atoms with Crippen molar-refractivity contribution in [1.29, 1.82) is 0 Å². The molecule has 19 heavy (non-hydrogen) atoms. The Morgan fingerprint density at radius 1 is 0.895 bits per heavy atom. The van der Waals surface area contributed by atoms with E-state index in [1.165, 1.54) is 12.1 Å². The third kappa shape index (κ3) is 2.72. The predicted molar refractivity (Wildman–Crippen MR) is 70.8 cm³/mol. The Kier molecular flexibility index (Phi) is 3.27. The SMILES string of the molecule is Cc1cc(N)cc(C)c1-c1ccc(C(F)(F)F)cc1. The molecule has 0 aliphatic heterocycles. The van der Waals surface area contributed by atoms with Crippen LogP contribution in [0.2, 0.25) is 0 Å². The summed E-state index contributed by atoms with van der Waals surface area (Å²) >= 11 is 0. The summed E-state index contributed by atoms with van der Waals surface area (Å²) in [6.07, 6.45) is -4.30. The summed E-state index contributed by atoms with van der Waals surface area (Å²) in [5, 5.41) is 0. The maximum absolute atomic E-state index is 12.5. The number of halogens is 3. The highest BCUT2D eigenvalue weighted by Gasteiger charge is 2.30. The van der Waals surface area contributed by atoms with Gasteiger partial charge in [-0.05, 0) is 60.4 Å². The van der Waals surface area contributed by atoms with E-state index in [0.717, 1.165) is 34.4 Å². The highest BCUT2D eigenvalue weighted by atomic mass is 19.4. The average Bonchev–Trinajstić information content (AvgIpc) is 2.27. The lowest BCUT2D eigenvalue weighted by molar-refractivity contribution is -0.137. The van der Waals surface area contributed by atoms with Gasteiger partial charge in [0.15, 0.2) is 0 Å². The van der Waals surface area contributed by atoms with Crippen LogP contribution in [0.15, 0.2) is 36.4 Å². The second kappa shape index (κ2) is 4.61. The predicted octanol–water partition coefficient (Wildman–Crippen LogP) is 4.57. The molecule has 2 aromatic rings. The van der Waals surface area contributed by atoms with E-state index in [9.17, 15) is 13.2 Å². The van der Waals surface area contributed by atoms with Gasteiger partial charge in [0.25, 0.3) is 0 Å². The summed E-state index contributed by atoms with van der Waals surface area (Å²) in [5.41, 5.74) is 9.37. The summed E-state index contributed by atoms with van der Waals surface area (Å²) in [6.45, 7) is 3.80. The van der Waals surface area contributed by atoms with E-state index in [0.29, 0.717) is 5.69 Å². The number of aryl methyl sites for hydroxylation is 2. The number of anilines is 1. The van der Waals surface area contributed by atoms with Crippen molar-refractivity contribution in [3.05, 3.63) is 53.1 Å². The smallest absolute Gasteiger partial charge is 0.399 e. The van der Waals surface area contributed by atoms with E-state index in [2.05, 4.69) is 0 Å². The first kappa shape index (κ1) is 13.5. The van der Waals surface area contributed by atoms with E-state index < -0.39 is 11.7 Å². The number of nitrogen functional groups attached to an aromatic ring is 1. The van der Waals surface area contributed by atoms with Crippen LogP contribution in [0.4, 0.5) is 18.9 Å². The molecule has 0 unspecified atom stereocenters. The van der Waals surface area contributed by atoms with Crippen molar-refractivity contribution in [2.75, 3.05) is 5.73 Å². The van der Waals surface area contributed by atoms with Gasteiger partial charge in [0.05, 0.1) is 5.56 Å². The van der Waals surface area contributed by atoms with Gasteiger partial charge in [-0.1, -0.05) is 12.1 Å². The number of hydrogen-bond acceptors (Lipinski definition) is 1. The second-order valence-electron chi connectivity index (χ2n) is 4.60. The molecule has 2 N–H and O–H groups in total. The number of alkyl halides is 3. The zero-order valence-corrected chi connectivity index (χ0v) is 10.7. The normalized spacial score (nSPS) is 11.6. The fourth-order valence-corrected chi connectivity index (χ4v) is 2.28. The number of nitrogens with two attached hydrogens (primary N) is 1. The van der Waals surface area contributed by atoms with E-state index in [-0.39, 0.29) is 0 Å². The fourth-order valence-electron chi connectivity index (χ4n) is 2.28. The zero-order valence-electron chi connectivity index (χ0n) is 10.7. The molecular formula is C15H14F3N. The number of benzene rings is 2. The molecule has 1 nitrogen and oxygen atoms in total. The van der Waals surface area contributed by atoms with Gasteiger partial charge in [-0.25, -0.2) is 0 Å². The zero-order chi connectivity index (χ0) is 14.2. The van der Waals surface area contributed by atoms with Crippen LogP contribution in [-0.4, -0.2) is 0 Å². The highest BCUT2D eigenvalue weighted by Crippen LogP contribution is 2.33. The lowest BCUT2D eigenvalue weighted by Gasteiger charge is -2.13. The first-order valence-electron chi connectivity index (χ1n) is 5.83. The largest absolute Gasteiger partial charge is 0.416 e. The van der Waals surface area contributed by atoms with Gasteiger partial charge in [0.1, 0.15) is 0 Å². The summed E-state index contributed by atoms with van der Waals surface area (Å²) in [4.78, 5) is 0. The van der Waals surface area contributed by atoms with Gasteiger partial charge >= 0.3 is 6.18 Å². The van der Waals surface area contributed by atoms with Crippen LogP contribution >= 0.6 is 0 Å². The summed E-state index contributed by atoms with van der Waals surface area (Å²) < 4.78 is 37.6. The molecule has 0 heterocycles. The molecule has 0 bridgehead atoms. The van der Waals surface area contributed by atoms with Crippen molar-refractivity contribution in [2.24, 2.45) is 0 Å². The van der Waals surface area contributed by atoms with Crippen molar-refractivity contribution in [2.45, 2.75) is 20.0 Å². The van der Waals surface area contributed by atoms with Crippen molar-refractivity contribution in [3.63, 3.8) is 0 Å². The quantitative estimate of drug-likeness (QED) is 0.751. The molecule has 4 heteroatoms. The number of hydrogen-bond donors (Lipinski definition) is 1. The molecule has 0 radical (unpaired) electrons. The maximum Gasteiger partial charge on any atom is 0.416 e. The summed E-state index contributed by atoms with van der Waals surface area (Å²) in [7, 11) is 0. The van der Waals surface area contributed by atoms with Crippen LogP contribution < -0.4 is 5.73 Å². The van der Waals surface area contributed by atoms with Gasteiger partial charge in [0, 0.05) is 5.69 Å². The minimum atomic E-state index is -4.30. The molecule has 0 amide bonds. The van der Waals surface area contributed by atoms with Crippen LogP contribution in [0.25, 0.3) is 11.1 Å². The first-order valence-corrected chi connectivity index (χ1v) is 5.83. The minimum Gasteiger partial charge on any atom is -0.399 e. The Morgan fingerprint density at radius 3 is 1.79 bits per heavy atom. The van der Waals surface area contributed by atoms with E-state index in [1.54, 1.807) is 0 Å². The van der Waals surface area contributed by atoms with Crippen molar-refractivity contribution in [3.8, 4) is 11.1 Å². The van der Waals surface area contributed by atoms with Crippen LogP contribution in [-0.2, 0) is 6.18 Å². The summed E-state index contributed by atoms with van der Waals surface area (Å²) in [5.74, 6) is 0. The highest BCUT2D eigenvalue weighted by molar-refractivity contribution is 5.73. The minimum absolute atomic E-state index is 0.637. The molecule has 0 spiro atoms. The van der Waals surface area contributed by atoms with E-state index in [1.807, 2.05) is 26.0 Å². The lowest BCUT2D eigenvalue weighted by atomic mass is 9.94. The van der Waals surface area contributed by atoms with Crippen LogP contribution in [0.5, 0.6) is 0 Å². The number of rotatable bonds is 1. The fraction of sp³-hybridized carbons (Fsp3) is 0.200. The molecule has 100 valence electrons. The van der Waals surface area contributed by atoms with Gasteiger partial charge in [-0.2, -0.15) is 13.2 Å². The first-order chi connectivity index (χ1) is 8.79. The average molecular weight is 265 g/mol. The van der Waals surface area contributed by atoms with Gasteiger partial charge in [0.2, 0.25) is 0 Å². The Bertz CT molecular complexity index is 575. The van der Waals surface area contributed by atoms with Crippen LogP contribution in [0.1, 0.15) is 16.7 Å². The molecule has 0 aromatic heterocycles. The van der Waals surface area contributed by atoms with Gasteiger partial charge < -0.3 is 5.73 Å². The second-order valence-corrected chi connectivity index (χ2v) is 4.60. The van der Waals surface area contributed by atoms with E-state index >= 15 is 0 Å². The van der Waals surface area contributed by atoms with Crippen LogP contribution in [0, 0.1) is 13.8 Å². The summed E-state index contributed by atoms with van der Waals surface area (Å²) in [6, 6.07) is 8.83. The Hall–Kier alpha value is -1.97. The Balaban J connectivity index is 2.49. The topological polar surface area (TPSA) is 26.0 Å². The molecule has 0 aliphatic rings. The molecule has 2 rings (SSSR count). The molecule has 0 saturated carbocycles. The Labute approximate surface area is 109 Å². The van der Waals surface area contributed by atoms with Crippen molar-refractivity contribution in [1.82, 2.24) is 0 Å². The molecular weight excluding hydrogens is 251 g/mol. The van der Waals surface area contributed by atoms with Gasteiger partial charge in [-0.15, -0.1) is 0 Å². The van der Waals surface area contributed by atoms with E-state index in [4.69, 9.17) is 5.73 Å². The van der Waals surface area contributed by atoms with Crippen molar-refractivity contribution >= 4 is 5.69 Å². The molecule has 0 atom stereocenters.